The first-order chi connectivity index (χ1) is 35.5. The second kappa shape index (κ2) is 59.7. The van der Waals surface area contributed by atoms with Crippen LogP contribution in [-0.2, 0) is 14.3 Å². The van der Waals surface area contributed by atoms with Crippen LogP contribution in [0.2, 0.25) is 0 Å². The first-order valence-electron chi connectivity index (χ1n) is 31.9. The number of esters is 1. The third kappa shape index (κ3) is 54.1. The zero-order chi connectivity index (χ0) is 52.3. The second-order valence-corrected chi connectivity index (χ2v) is 21.8. The van der Waals surface area contributed by atoms with E-state index in [-0.39, 0.29) is 24.9 Å². The number of aliphatic hydroxyl groups is 2. The van der Waals surface area contributed by atoms with Crippen LogP contribution in [0.3, 0.4) is 0 Å². The summed E-state index contributed by atoms with van der Waals surface area (Å²) in [6.07, 6.45) is 74.7. The number of carbonyl (C=O) groups is 2. The van der Waals surface area contributed by atoms with Gasteiger partial charge in [-0.1, -0.05) is 281 Å². The Morgan fingerprint density at radius 1 is 0.403 bits per heavy atom. The van der Waals surface area contributed by atoms with Gasteiger partial charge in [-0.15, -0.1) is 0 Å². The van der Waals surface area contributed by atoms with Gasteiger partial charge in [0.05, 0.1) is 25.2 Å². The molecule has 0 aliphatic carbocycles. The van der Waals surface area contributed by atoms with Crippen molar-refractivity contribution in [3.05, 3.63) is 48.6 Å². The van der Waals surface area contributed by atoms with E-state index in [0.29, 0.717) is 19.3 Å². The zero-order valence-corrected chi connectivity index (χ0v) is 48.3. The van der Waals surface area contributed by atoms with Gasteiger partial charge in [-0.3, -0.25) is 9.59 Å². The Labute approximate surface area is 448 Å². The number of ether oxygens (including phenoxy) is 1. The smallest absolute Gasteiger partial charge is 0.306 e. The Kier molecular flexibility index (Phi) is 57.9. The van der Waals surface area contributed by atoms with E-state index in [2.05, 4.69) is 74.7 Å². The largest absolute Gasteiger partial charge is 0.462 e. The lowest BCUT2D eigenvalue weighted by Gasteiger charge is -2.24. The molecule has 0 rings (SSSR count). The van der Waals surface area contributed by atoms with Gasteiger partial charge < -0.3 is 20.3 Å². The predicted molar refractivity (Wildman–Crippen MR) is 315 cm³/mol. The van der Waals surface area contributed by atoms with Crippen LogP contribution in [0.1, 0.15) is 335 Å². The Morgan fingerprint density at radius 3 is 1.08 bits per heavy atom. The summed E-state index contributed by atoms with van der Waals surface area (Å²) in [7, 11) is 0. The summed E-state index contributed by atoms with van der Waals surface area (Å²) in [5.41, 5.74) is 0. The molecule has 0 radical (unpaired) electrons. The fourth-order valence-electron chi connectivity index (χ4n) is 9.79. The molecule has 3 atom stereocenters. The van der Waals surface area contributed by atoms with Crippen molar-refractivity contribution < 1.29 is 24.5 Å². The maximum absolute atomic E-state index is 13.3. The van der Waals surface area contributed by atoms with E-state index in [0.717, 1.165) is 70.6 Å². The number of allylic oxidation sites excluding steroid dienone is 8. The topological polar surface area (TPSA) is 95.9 Å². The molecule has 3 N–H and O–H groups in total. The maximum Gasteiger partial charge on any atom is 0.306 e. The van der Waals surface area contributed by atoms with Crippen molar-refractivity contribution in [1.82, 2.24) is 5.32 Å². The molecule has 0 saturated heterocycles. The van der Waals surface area contributed by atoms with Crippen LogP contribution >= 0.6 is 0 Å². The molecule has 72 heavy (non-hydrogen) atoms. The molecule has 3 unspecified atom stereocenters. The minimum atomic E-state index is -0.792. The molecule has 0 bridgehead atoms. The van der Waals surface area contributed by atoms with Crippen molar-refractivity contribution in [1.29, 1.82) is 0 Å². The number of hydrogen-bond acceptors (Lipinski definition) is 5. The first kappa shape index (κ1) is 69.8. The number of hydrogen-bond donors (Lipinski definition) is 3. The van der Waals surface area contributed by atoms with Crippen molar-refractivity contribution in [3.8, 4) is 0 Å². The van der Waals surface area contributed by atoms with Crippen LogP contribution in [0.4, 0.5) is 0 Å². The summed E-state index contributed by atoms with van der Waals surface area (Å²) in [5, 5.41) is 24.0. The molecule has 422 valence electrons. The van der Waals surface area contributed by atoms with E-state index in [9.17, 15) is 19.8 Å². The van der Waals surface area contributed by atoms with Gasteiger partial charge in [0, 0.05) is 6.42 Å². The monoisotopic (exact) mass is 1010 g/mol. The van der Waals surface area contributed by atoms with E-state index < -0.39 is 18.2 Å². The molecule has 0 fully saturated rings. The Bertz CT molecular complexity index is 1230. The molecule has 1 amide bonds. The van der Waals surface area contributed by atoms with Gasteiger partial charge in [-0.05, 0) is 89.9 Å². The summed E-state index contributed by atoms with van der Waals surface area (Å²) in [5.74, 6) is -0.470. The quantitative estimate of drug-likeness (QED) is 0.0320. The summed E-state index contributed by atoms with van der Waals surface area (Å²) < 4.78 is 5.99. The van der Waals surface area contributed by atoms with Gasteiger partial charge >= 0.3 is 5.97 Å². The van der Waals surface area contributed by atoms with Gasteiger partial charge in [-0.25, -0.2) is 0 Å². The molecule has 0 spiro atoms. The highest BCUT2D eigenvalue weighted by molar-refractivity contribution is 5.77. The molecule has 0 aromatic rings. The van der Waals surface area contributed by atoms with Crippen molar-refractivity contribution in [3.63, 3.8) is 0 Å². The van der Waals surface area contributed by atoms with Crippen molar-refractivity contribution in [2.75, 3.05) is 6.61 Å². The van der Waals surface area contributed by atoms with Gasteiger partial charge in [0.2, 0.25) is 5.91 Å². The normalized spacial score (nSPS) is 13.3. The standard InChI is InChI=1S/C66H123NO5/c1-4-7-10-13-16-19-22-25-28-31-32-35-38-41-44-47-50-53-56-59-66(71)72-62(57-54-51-48-45-42-39-36-33-29-26-23-20-17-14-11-8-5-2)60-65(70)67-63(61-68)64(69)58-55-52-49-46-43-40-37-34-30-27-24-21-18-15-12-9-6-3/h16-17,19-20,25-26,28-29,62-64,68-69H,4-15,18,21-24,27,30-61H2,1-3H3,(H,67,70)/b19-16-,20-17-,28-25-,29-26-. The number of aliphatic hydroxyl groups excluding tert-OH is 2. The van der Waals surface area contributed by atoms with Crippen LogP contribution in [0.25, 0.3) is 0 Å². The van der Waals surface area contributed by atoms with Crippen molar-refractivity contribution in [2.24, 2.45) is 0 Å². The van der Waals surface area contributed by atoms with Crippen LogP contribution in [0.5, 0.6) is 0 Å². The molecule has 0 aromatic heterocycles. The van der Waals surface area contributed by atoms with Crippen LogP contribution in [0, 0.1) is 0 Å². The summed E-state index contributed by atoms with van der Waals surface area (Å²) >= 11 is 0. The van der Waals surface area contributed by atoms with Gasteiger partial charge in [0.1, 0.15) is 6.10 Å². The van der Waals surface area contributed by atoms with E-state index in [1.54, 1.807) is 0 Å². The SMILES string of the molecule is CCCCC/C=C\C/C=C\CCCCCCCCCCCC(=O)OC(CCCCCCCCC/C=C\C/C=C\CCCCC)CC(=O)NC(CO)C(O)CCCCCCCCCCCCCCCCCCC. The number of nitrogens with one attached hydrogen (secondary N) is 1. The molecule has 0 aliphatic heterocycles. The van der Waals surface area contributed by atoms with E-state index in [1.807, 2.05) is 0 Å². The lowest BCUT2D eigenvalue weighted by molar-refractivity contribution is -0.151. The van der Waals surface area contributed by atoms with Crippen LogP contribution in [-0.4, -0.2) is 46.9 Å². The molecular formula is C66H123NO5. The van der Waals surface area contributed by atoms with Crippen molar-refractivity contribution >= 4 is 11.9 Å². The number of unbranched alkanes of at least 4 members (excludes halogenated alkanes) is 38. The number of carbonyl (C=O) groups excluding carboxylic acids is 2. The Balaban J connectivity index is 4.53. The fraction of sp³-hybridized carbons (Fsp3) is 0.848. The highest BCUT2D eigenvalue weighted by atomic mass is 16.5. The summed E-state index contributed by atoms with van der Waals surface area (Å²) in [4.78, 5) is 26.4. The maximum atomic E-state index is 13.3. The van der Waals surface area contributed by atoms with E-state index in [1.165, 1.54) is 218 Å². The predicted octanol–water partition coefficient (Wildman–Crippen LogP) is 20.1. The summed E-state index contributed by atoms with van der Waals surface area (Å²) in [6, 6.07) is -0.706. The highest BCUT2D eigenvalue weighted by Gasteiger charge is 2.24. The third-order valence-electron chi connectivity index (χ3n) is 14.6. The molecular weight excluding hydrogens is 887 g/mol. The summed E-state index contributed by atoms with van der Waals surface area (Å²) in [6.45, 7) is 6.48. The molecule has 6 heteroatoms. The fourth-order valence-corrected chi connectivity index (χ4v) is 9.79. The number of rotatable bonds is 58. The van der Waals surface area contributed by atoms with Gasteiger partial charge in [-0.2, -0.15) is 0 Å². The molecule has 0 saturated carbocycles. The first-order valence-corrected chi connectivity index (χ1v) is 31.9. The van der Waals surface area contributed by atoms with Crippen LogP contribution in [0.15, 0.2) is 48.6 Å². The van der Waals surface area contributed by atoms with Gasteiger partial charge in [0.15, 0.2) is 0 Å². The minimum absolute atomic E-state index is 0.0725. The molecule has 0 aliphatic rings. The number of amides is 1. The van der Waals surface area contributed by atoms with Crippen LogP contribution < -0.4 is 5.32 Å². The zero-order valence-electron chi connectivity index (χ0n) is 48.3. The lowest BCUT2D eigenvalue weighted by Crippen LogP contribution is -2.46. The highest BCUT2D eigenvalue weighted by Crippen LogP contribution is 2.19. The third-order valence-corrected chi connectivity index (χ3v) is 14.6. The molecule has 0 aromatic carbocycles. The average molecular weight is 1010 g/mol. The molecule has 0 heterocycles. The van der Waals surface area contributed by atoms with E-state index in [4.69, 9.17) is 4.74 Å². The lowest BCUT2D eigenvalue weighted by atomic mass is 10.0. The molecule has 6 nitrogen and oxygen atoms in total. The Hall–Kier alpha value is -2.18. The second-order valence-electron chi connectivity index (χ2n) is 21.8. The average Bonchev–Trinajstić information content (AvgIpc) is 3.37. The van der Waals surface area contributed by atoms with E-state index >= 15 is 0 Å². The van der Waals surface area contributed by atoms with Gasteiger partial charge in [0.25, 0.3) is 0 Å². The minimum Gasteiger partial charge on any atom is -0.462 e. The van der Waals surface area contributed by atoms with Crippen molar-refractivity contribution in [2.45, 2.75) is 354 Å². The Morgan fingerprint density at radius 2 is 0.708 bits per heavy atom.